The third-order valence-corrected chi connectivity index (χ3v) is 4.27. The van der Waals surface area contributed by atoms with Gasteiger partial charge < -0.3 is 10.2 Å². The van der Waals surface area contributed by atoms with E-state index in [1.165, 1.54) is 12.1 Å². The van der Waals surface area contributed by atoms with Crippen molar-refractivity contribution >= 4 is 45.2 Å². The number of fused-ring (bicyclic) bond motifs is 1. The maximum atomic E-state index is 13.1. The quantitative estimate of drug-likeness (QED) is 0.622. The molecule has 0 aliphatic carbocycles. The lowest BCUT2D eigenvalue weighted by molar-refractivity contribution is 0.523. The van der Waals surface area contributed by atoms with Crippen LogP contribution in [0.2, 0.25) is 5.02 Å². The van der Waals surface area contributed by atoms with Gasteiger partial charge in [0.25, 0.3) is 0 Å². The van der Waals surface area contributed by atoms with Gasteiger partial charge in [0.15, 0.2) is 0 Å². The second-order valence-corrected chi connectivity index (χ2v) is 6.07. The van der Waals surface area contributed by atoms with E-state index in [4.69, 9.17) is 21.8 Å². The maximum absolute atomic E-state index is 13.1. The number of hydrogen-bond acceptors (Lipinski definition) is 2. The van der Waals surface area contributed by atoms with Gasteiger partial charge in [0.1, 0.15) is 17.2 Å². The molecule has 1 aromatic heterocycles. The monoisotopic (exact) mass is 401 g/mol. The molecule has 2 N–H and O–H groups in total. The normalized spacial score (nSPS) is 12.8. The van der Waals surface area contributed by atoms with Crippen LogP contribution in [0.25, 0.3) is 11.0 Å². The smallest absolute Gasteiger partial charge is 0.134 e. The van der Waals surface area contributed by atoms with Gasteiger partial charge in [-0.2, -0.15) is 0 Å². The van der Waals surface area contributed by atoms with E-state index in [2.05, 4.69) is 22.6 Å². The molecule has 3 rings (SSSR count). The molecule has 0 saturated heterocycles. The van der Waals surface area contributed by atoms with Crippen LogP contribution in [0.3, 0.4) is 0 Å². The van der Waals surface area contributed by atoms with Crippen molar-refractivity contribution in [1.29, 1.82) is 0 Å². The zero-order valence-electron chi connectivity index (χ0n) is 10.2. The van der Waals surface area contributed by atoms with Gasteiger partial charge in [-0.3, -0.25) is 0 Å². The standard InChI is InChI=1S/C15H10ClFINO/c16-9-1-4-13-8(5-9)6-14(20-13)15(19)11-3-2-10(17)7-12(11)18/h1-7,15H,19H2. The van der Waals surface area contributed by atoms with Crippen LogP contribution in [0.15, 0.2) is 46.9 Å². The van der Waals surface area contributed by atoms with Gasteiger partial charge in [-0.1, -0.05) is 17.7 Å². The van der Waals surface area contributed by atoms with Crippen LogP contribution < -0.4 is 5.73 Å². The third-order valence-electron chi connectivity index (χ3n) is 3.10. The van der Waals surface area contributed by atoms with E-state index in [9.17, 15) is 4.39 Å². The molecule has 1 unspecified atom stereocenters. The lowest BCUT2D eigenvalue weighted by Gasteiger charge is -2.11. The highest BCUT2D eigenvalue weighted by molar-refractivity contribution is 14.1. The lowest BCUT2D eigenvalue weighted by Crippen LogP contribution is -2.12. The van der Waals surface area contributed by atoms with Crippen molar-refractivity contribution in [2.45, 2.75) is 6.04 Å². The molecule has 2 nitrogen and oxygen atoms in total. The van der Waals surface area contributed by atoms with E-state index in [1.54, 1.807) is 12.1 Å². The summed E-state index contributed by atoms with van der Waals surface area (Å²) in [6.45, 7) is 0. The zero-order valence-corrected chi connectivity index (χ0v) is 13.2. The summed E-state index contributed by atoms with van der Waals surface area (Å²) < 4.78 is 19.7. The van der Waals surface area contributed by atoms with E-state index >= 15 is 0 Å². The molecule has 0 radical (unpaired) electrons. The first-order valence-corrected chi connectivity index (χ1v) is 7.40. The summed E-state index contributed by atoms with van der Waals surface area (Å²) in [5, 5.41) is 1.55. The largest absolute Gasteiger partial charge is 0.459 e. The van der Waals surface area contributed by atoms with E-state index < -0.39 is 6.04 Å². The summed E-state index contributed by atoms with van der Waals surface area (Å²) in [5.74, 6) is 0.355. The molecule has 20 heavy (non-hydrogen) atoms. The fourth-order valence-corrected chi connectivity index (χ4v) is 3.09. The topological polar surface area (TPSA) is 39.2 Å². The van der Waals surface area contributed by atoms with E-state index in [0.29, 0.717) is 10.8 Å². The third kappa shape index (κ3) is 2.55. The Labute approximate surface area is 133 Å². The SMILES string of the molecule is NC(c1cc2cc(Cl)ccc2o1)c1ccc(F)cc1I. The van der Waals surface area contributed by atoms with E-state index in [0.717, 1.165) is 20.1 Å². The molecule has 0 amide bonds. The van der Waals surface area contributed by atoms with Crippen LogP contribution in [0.4, 0.5) is 4.39 Å². The Balaban J connectivity index is 2.05. The molecule has 0 saturated carbocycles. The molecule has 3 aromatic rings. The molecule has 5 heteroatoms. The van der Waals surface area contributed by atoms with Crippen LogP contribution in [0.5, 0.6) is 0 Å². The van der Waals surface area contributed by atoms with Crippen molar-refractivity contribution in [3.8, 4) is 0 Å². The molecule has 2 aromatic carbocycles. The van der Waals surface area contributed by atoms with Crippen molar-refractivity contribution in [3.05, 3.63) is 68.2 Å². The Morgan fingerprint density at radius 3 is 2.70 bits per heavy atom. The number of rotatable bonds is 2. The maximum Gasteiger partial charge on any atom is 0.134 e. The van der Waals surface area contributed by atoms with Crippen LogP contribution in [0, 0.1) is 9.39 Å². The number of nitrogens with two attached hydrogens (primary N) is 1. The van der Waals surface area contributed by atoms with E-state index in [1.807, 2.05) is 18.2 Å². The van der Waals surface area contributed by atoms with Gasteiger partial charge in [-0.05, 0) is 64.6 Å². The van der Waals surface area contributed by atoms with Crippen molar-refractivity contribution in [1.82, 2.24) is 0 Å². The fraction of sp³-hybridized carbons (Fsp3) is 0.0667. The number of furan rings is 1. The van der Waals surface area contributed by atoms with Crippen LogP contribution >= 0.6 is 34.2 Å². The minimum Gasteiger partial charge on any atom is -0.459 e. The summed E-state index contributed by atoms with van der Waals surface area (Å²) >= 11 is 8.02. The fourth-order valence-electron chi connectivity index (χ4n) is 2.10. The van der Waals surface area contributed by atoms with Crippen LogP contribution in [-0.4, -0.2) is 0 Å². The van der Waals surface area contributed by atoms with Gasteiger partial charge in [0, 0.05) is 14.0 Å². The molecular formula is C15H10ClFINO. The molecule has 1 heterocycles. The summed E-state index contributed by atoms with van der Waals surface area (Å²) in [4.78, 5) is 0. The van der Waals surface area contributed by atoms with Crippen molar-refractivity contribution in [2.24, 2.45) is 5.73 Å². The van der Waals surface area contributed by atoms with E-state index in [-0.39, 0.29) is 5.82 Å². The Hall–Kier alpha value is -1.11. The van der Waals surface area contributed by atoms with Crippen LogP contribution in [-0.2, 0) is 0 Å². The molecule has 102 valence electrons. The molecule has 0 aliphatic rings. The number of halogens is 3. The first-order valence-electron chi connectivity index (χ1n) is 5.94. The molecule has 0 fully saturated rings. The van der Waals surface area contributed by atoms with Gasteiger partial charge in [0.2, 0.25) is 0 Å². The Kier molecular flexibility index (Phi) is 3.70. The van der Waals surface area contributed by atoms with Crippen molar-refractivity contribution in [2.75, 3.05) is 0 Å². The summed E-state index contributed by atoms with van der Waals surface area (Å²) in [6, 6.07) is 11.4. The highest BCUT2D eigenvalue weighted by Gasteiger charge is 2.17. The summed E-state index contributed by atoms with van der Waals surface area (Å²) in [7, 11) is 0. The molecule has 0 bridgehead atoms. The first-order chi connectivity index (χ1) is 9.54. The van der Waals surface area contributed by atoms with Gasteiger partial charge in [0.05, 0.1) is 6.04 Å². The highest BCUT2D eigenvalue weighted by atomic mass is 127. The molecular weight excluding hydrogens is 392 g/mol. The van der Waals surface area contributed by atoms with Gasteiger partial charge in [-0.15, -0.1) is 0 Å². The van der Waals surface area contributed by atoms with Crippen molar-refractivity contribution < 1.29 is 8.81 Å². The Morgan fingerprint density at radius 2 is 1.95 bits per heavy atom. The number of hydrogen-bond donors (Lipinski definition) is 1. The second kappa shape index (κ2) is 5.35. The van der Waals surface area contributed by atoms with Crippen molar-refractivity contribution in [3.63, 3.8) is 0 Å². The van der Waals surface area contributed by atoms with Gasteiger partial charge in [-0.25, -0.2) is 4.39 Å². The number of benzene rings is 2. The van der Waals surface area contributed by atoms with Crippen LogP contribution in [0.1, 0.15) is 17.4 Å². The predicted octanol–water partition coefficient (Wildman–Crippen LogP) is 4.88. The minimum absolute atomic E-state index is 0.276. The minimum atomic E-state index is -0.436. The lowest BCUT2D eigenvalue weighted by atomic mass is 10.1. The highest BCUT2D eigenvalue weighted by Crippen LogP contribution is 2.30. The molecule has 0 spiro atoms. The Morgan fingerprint density at radius 1 is 1.15 bits per heavy atom. The molecule has 1 atom stereocenters. The van der Waals surface area contributed by atoms with Gasteiger partial charge >= 0.3 is 0 Å². The summed E-state index contributed by atoms with van der Waals surface area (Å²) in [5.41, 5.74) is 7.78. The average Bonchev–Trinajstić information content (AvgIpc) is 2.81. The summed E-state index contributed by atoms with van der Waals surface area (Å²) in [6.07, 6.45) is 0. The predicted molar refractivity (Wildman–Crippen MR) is 86.4 cm³/mol. The second-order valence-electron chi connectivity index (χ2n) is 4.47. The molecule has 0 aliphatic heterocycles. The average molecular weight is 402 g/mol. The Bertz CT molecular complexity index is 787. The zero-order chi connectivity index (χ0) is 14.3. The first kappa shape index (κ1) is 13.9.